The number of methoxy groups -OCH3 is 1. The minimum absolute atomic E-state index is 0.0854. The van der Waals surface area contributed by atoms with Crippen molar-refractivity contribution in [2.75, 3.05) is 38.3 Å². The van der Waals surface area contributed by atoms with Gasteiger partial charge in [0, 0.05) is 51.7 Å². The smallest absolute Gasteiger partial charge is 0.383 e. The van der Waals surface area contributed by atoms with Crippen molar-refractivity contribution in [1.29, 1.82) is 0 Å². The summed E-state index contributed by atoms with van der Waals surface area (Å²) in [5, 5.41) is 3.56. The van der Waals surface area contributed by atoms with Crippen LogP contribution in [0.15, 0.2) is 42.7 Å². The molecule has 1 saturated heterocycles. The maximum absolute atomic E-state index is 13.8. The lowest BCUT2D eigenvalue weighted by atomic mass is 10.2. The van der Waals surface area contributed by atoms with E-state index in [0.717, 1.165) is 5.52 Å². The first kappa shape index (κ1) is 25.2. The van der Waals surface area contributed by atoms with Crippen LogP contribution in [0.3, 0.4) is 0 Å². The summed E-state index contributed by atoms with van der Waals surface area (Å²) >= 11 is 0.613. The van der Waals surface area contributed by atoms with Gasteiger partial charge in [-0.25, -0.2) is 9.97 Å². The largest absolute Gasteiger partial charge is 0.443 e. The van der Waals surface area contributed by atoms with E-state index in [1.807, 2.05) is 40.7 Å². The van der Waals surface area contributed by atoms with Gasteiger partial charge in [0.1, 0.15) is 17.2 Å². The summed E-state index contributed by atoms with van der Waals surface area (Å²) < 4.78 is 50.1. The third-order valence-corrected chi connectivity index (χ3v) is 7.49. The van der Waals surface area contributed by atoms with E-state index < -0.39 is 11.2 Å². The van der Waals surface area contributed by atoms with E-state index in [1.165, 1.54) is 0 Å². The number of benzene rings is 1. The number of fused-ring (bicyclic) bond motifs is 1. The number of ether oxygens (including phenoxy) is 1. The zero-order chi connectivity index (χ0) is 26.2. The van der Waals surface area contributed by atoms with Gasteiger partial charge in [0.05, 0.1) is 17.6 Å². The highest BCUT2D eigenvalue weighted by atomic mass is 32.1. The van der Waals surface area contributed by atoms with Gasteiger partial charge in [0.25, 0.3) is 0 Å². The number of para-hydroxylation sites is 2. The Morgan fingerprint density at radius 2 is 2.00 bits per heavy atom. The Balaban J connectivity index is 1.49. The molecule has 1 aliphatic rings. The predicted molar refractivity (Wildman–Crippen MR) is 133 cm³/mol. The van der Waals surface area contributed by atoms with Crippen molar-refractivity contribution in [3.05, 3.63) is 47.7 Å². The molecule has 1 aromatic carbocycles. The van der Waals surface area contributed by atoms with Gasteiger partial charge in [-0.1, -0.05) is 23.5 Å². The summed E-state index contributed by atoms with van der Waals surface area (Å²) in [6.45, 7) is 3.91. The first-order valence-electron chi connectivity index (χ1n) is 11.8. The third kappa shape index (κ3) is 5.05. The number of halogens is 3. The fourth-order valence-electron chi connectivity index (χ4n) is 4.59. The van der Waals surface area contributed by atoms with Crippen molar-refractivity contribution < 1.29 is 22.7 Å². The van der Waals surface area contributed by atoms with Crippen LogP contribution in [0.25, 0.3) is 22.6 Å². The van der Waals surface area contributed by atoms with E-state index in [0.29, 0.717) is 60.5 Å². The third-order valence-electron chi connectivity index (χ3n) is 6.33. The van der Waals surface area contributed by atoms with Crippen molar-refractivity contribution in [2.45, 2.75) is 32.2 Å². The molecular weight excluding hydrogens is 507 g/mol. The van der Waals surface area contributed by atoms with Crippen molar-refractivity contribution >= 4 is 33.3 Å². The molecule has 37 heavy (non-hydrogen) atoms. The van der Waals surface area contributed by atoms with E-state index in [-0.39, 0.29) is 24.2 Å². The first-order chi connectivity index (χ1) is 17.8. The summed E-state index contributed by atoms with van der Waals surface area (Å²) in [4.78, 5) is 25.2. The maximum Gasteiger partial charge on any atom is 0.443 e. The number of rotatable bonds is 7. The number of carbonyl (C=O) groups excluding carboxylic acids is 1. The Kier molecular flexibility index (Phi) is 6.90. The lowest BCUT2D eigenvalue weighted by molar-refractivity contribution is -0.137. The fraction of sp³-hybridized carbons (Fsp3) is 0.417. The second kappa shape index (κ2) is 10.1. The van der Waals surface area contributed by atoms with E-state index in [4.69, 9.17) is 4.74 Å². The van der Waals surface area contributed by atoms with Crippen molar-refractivity contribution in [2.24, 2.45) is 0 Å². The van der Waals surface area contributed by atoms with Gasteiger partial charge in [0.15, 0.2) is 5.82 Å². The number of piperazine rings is 1. The standard InChI is InChI=1S/C24H26F3N7O2S/c1-16-14-31(10-11-33(16)19(35)15-32-9-5-8-28-32)22-20(30-23(37-22)24(25,26)27)21-29-17-6-3-4-7-18(17)34(21)12-13-36-2/h3-9,16H,10-15H2,1-2H3. The molecule has 0 spiro atoms. The van der Waals surface area contributed by atoms with Crippen LogP contribution >= 0.6 is 11.3 Å². The first-order valence-corrected chi connectivity index (χ1v) is 12.6. The minimum Gasteiger partial charge on any atom is -0.383 e. The number of carbonyl (C=O) groups is 1. The van der Waals surface area contributed by atoms with Crippen molar-refractivity contribution in [3.63, 3.8) is 0 Å². The Hall–Kier alpha value is -3.45. The molecule has 13 heteroatoms. The van der Waals surface area contributed by atoms with Crippen LogP contribution in [0.2, 0.25) is 0 Å². The lowest BCUT2D eigenvalue weighted by Crippen LogP contribution is -2.54. The summed E-state index contributed by atoms with van der Waals surface area (Å²) in [6.07, 6.45) is -1.26. The topological polar surface area (TPSA) is 81.3 Å². The Labute approximate surface area is 215 Å². The molecule has 1 atom stereocenters. The quantitative estimate of drug-likeness (QED) is 0.360. The van der Waals surface area contributed by atoms with Crippen LogP contribution in [0.4, 0.5) is 18.2 Å². The lowest BCUT2D eigenvalue weighted by Gasteiger charge is -2.40. The summed E-state index contributed by atoms with van der Waals surface area (Å²) in [5.74, 6) is 0.280. The number of alkyl halides is 3. The molecule has 5 rings (SSSR count). The number of amides is 1. The molecule has 4 heterocycles. The number of imidazole rings is 1. The maximum atomic E-state index is 13.8. The van der Waals surface area contributed by atoms with Crippen LogP contribution in [-0.2, 0) is 28.8 Å². The molecule has 1 amide bonds. The molecule has 0 N–H and O–H groups in total. The molecule has 0 radical (unpaired) electrons. The average molecular weight is 534 g/mol. The SMILES string of the molecule is COCCn1c(-c2nc(C(F)(F)F)sc2N2CCN(C(=O)Cn3cccn3)C(C)C2)nc2ccccc21. The molecule has 1 aliphatic heterocycles. The van der Waals surface area contributed by atoms with Crippen LogP contribution in [0, 0.1) is 0 Å². The summed E-state index contributed by atoms with van der Waals surface area (Å²) in [7, 11) is 1.57. The van der Waals surface area contributed by atoms with Crippen LogP contribution in [-0.4, -0.2) is 74.5 Å². The molecule has 196 valence electrons. The van der Waals surface area contributed by atoms with Gasteiger partial charge < -0.3 is 19.1 Å². The van der Waals surface area contributed by atoms with Crippen LogP contribution in [0.1, 0.15) is 11.9 Å². The number of nitrogens with zero attached hydrogens (tertiary/aromatic N) is 7. The second-order valence-corrected chi connectivity index (χ2v) is 9.80. The van der Waals surface area contributed by atoms with E-state index >= 15 is 0 Å². The highest BCUT2D eigenvalue weighted by Gasteiger charge is 2.39. The number of hydrogen-bond donors (Lipinski definition) is 0. The van der Waals surface area contributed by atoms with Crippen molar-refractivity contribution in [3.8, 4) is 11.5 Å². The molecule has 0 bridgehead atoms. The molecule has 1 unspecified atom stereocenters. The predicted octanol–water partition coefficient (Wildman–Crippen LogP) is 3.76. The number of anilines is 1. The molecule has 3 aromatic heterocycles. The van der Waals surface area contributed by atoms with Gasteiger partial charge in [-0.2, -0.15) is 18.3 Å². The summed E-state index contributed by atoms with van der Waals surface area (Å²) in [6, 6.07) is 8.94. The van der Waals surface area contributed by atoms with Gasteiger partial charge in [-0.3, -0.25) is 9.48 Å². The van der Waals surface area contributed by atoms with Gasteiger partial charge in [-0.05, 0) is 25.1 Å². The van der Waals surface area contributed by atoms with E-state index in [2.05, 4.69) is 15.1 Å². The molecular formula is C24H26F3N7O2S. The molecule has 4 aromatic rings. The van der Waals surface area contributed by atoms with Gasteiger partial charge >= 0.3 is 6.18 Å². The minimum atomic E-state index is -4.59. The van der Waals surface area contributed by atoms with E-state index in [9.17, 15) is 18.0 Å². The van der Waals surface area contributed by atoms with Crippen molar-refractivity contribution in [1.82, 2.24) is 29.2 Å². The number of hydrogen-bond acceptors (Lipinski definition) is 7. The summed E-state index contributed by atoms with van der Waals surface area (Å²) in [5.41, 5.74) is 1.65. The van der Waals surface area contributed by atoms with Gasteiger partial charge in [-0.15, -0.1) is 0 Å². The van der Waals surface area contributed by atoms with E-state index in [1.54, 1.807) is 35.2 Å². The zero-order valence-electron chi connectivity index (χ0n) is 20.4. The number of thiazole rings is 1. The fourth-order valence-corrected chi connectivity index (χ4v) is 5.56. The van der Waals surface area contributed by atoms with Gasteiger partial charge in [0.2, 0.25) is 10.9 Å². The highest BCUT2D eigenvalue weighted by molar-refractivity contribution is 7.16. The van der Waals surface area contributed by atoms with Crippen LogP contribution < -0.4 is 4.90 Å². The molecule has 0 saturated carbocycles. The molecule has 0 aliphatic carbocycles. The Morgan fingerprint density at radius 3 is 2.70 bits per heavy atom. The second-order valence-electron chi connectivity index (χ2n) is 8.82. The Morgan fingerprint density at radius 1 is 1.19 bits per heavy atom. The zero-order valence-corrected chi connectivity index (χ0v) is 21.2. The van der Waals surface area contributed by atoms with Crippen LogP contribution in [0.5, 0.6) is 0 Å². The monoisotopic (exact) mass is 533 g/mol. The molecule has 1 fully saturated rings. The highest BCUT2D eigenvalue weighted by Crippen LogP contribution is 2.43. The normalized spacial score (nSPS) is 16.6. The average Bonchev–Trinajstić information content (AvgIpc) is 3.60. The Bertz CT molecular complexity index is 1380. The number of aromatic nitrogens is 5. The molecule has 9 nitrogen and oxygen atoms in total.